The summed E-state index contributed by atoms with van der Waals surface area (Å²) in [4.78, 5) is 2.64. The zero-order valence-electron chi connectivity index (χ0n) is 13.5. The summed E-state index contributed by atoms with van der Waals surface area (Å²) < 4.78 is 13.3. The van der Waals surface area contributed by atoms with Crippen LogP contribution < -0.4 is 5.32 Å². The molecular weight excluding hydrogens is 263 g/mol. The van der Waals surface area contributed by atoms with Crippen molar-refractivity contribution >= 4 is 0 Å². The number of benzene rings is 1. The summed E-state index contributed by atoms with van der Waals surface area (Å²) in [6, 6.07) is 5.85. The van der Waals surface area contributed by atoms with Crippen molar-refractivity contribution in [2.45, 2.75) is 58.2 Å². The molecule has 2 atom stereocenters. The molecule has 1 saturated carbocycles. The van der Waals surface area contributed by atoms with Gasteiger partial charge >= 0.3 is 0 Å². The minimum atomic E-state index is -0.131. The molecule has 116 valence electrons. The van der Waals surface area contributed by atoms with Crippen LogP contribution in [0.4, 0.5) is 4.39 Å². The van der Waals surface area contributed by atoms with Gasteiger partial charge in [-0.15, -0.1) is 0 Å². The SMILES string of the molecule is CCC1(C)CN(Cc2ccc(F)cc2C)C(C2CC2)CN1. The van der Waals surface area contributed by atoms with Gasteiger partial charge in [-0.2, -0.15) is 0 Å². The van der Waals surface area contributed by atoms with Gasteiger partial charge in [0.15, 0.2) is 0 Å². The maximum absolute atomic E-state index is 13.3. The molecule has 1 N–H and O–H groups in total. The smallest absolute Gasteiger partial charge is 0.123 e. The average Bonchev–Trinajstić information content (AvgIpc) is 3.27. The Labute approximate surface area is 127 Å². The molecule has 1 aromatic carbocycles. The molecule has 1 aliphatic carbocycles. The molecule has 1 saturated heterocycles. The Hall–Kier alpha value is -0.930. The normalized spacial score (nSPS) is 30.6. The van der Waals surface area contributed by atoms with Crippen molar-refractivity contribution in [1.29, 1.82) is 0 Å². The van der Waals surface area contributed by atoms with Gasteiger partial charge in [0, 0.05) is 31.2 Å². The van der Waals surface area contributed by atoms with Crippen LogP contribution in [0.3, 0.4) is 0 Å². The highest BCUT2D eigenvalue weighted by atomic mass is 19.1. The van der Waals surface area contributed by atoms with Gasteiger partial charge < -0.3 is 5.32 Å². The maximum Gasteiger partial charge on any atom is 0.123 e. The second-order valence-electron chi connectivity index (χ2n) is 7.18. The third kappa shape index (κ3) is 3.29. The van der Waals surface area contributed by atoms with Crippen molar-refractivity contribution in [2.24, 2.45) is 5.92 Å². The third-order valence-corrected chi connectivity index (χ3v) is 5.38. The molecule has 2 fully saturated rings. The second kappa shape index (κ2) is 5.69. The van der Waals surface area contributed by atoms with Crippen molar-refractivity contribution in [3.8, 4) is 0 Å². The number of hydrogen-bond donors (Lipinski definition) is 1. The molecular formula is C18H27FN2. The summed E-state index contributed by atoms with van der Waals surface area (Å²) >= 11 is 0. The molecule has 21 heavy (non-hydrogen) atoms. The van der Waals surface area contributed by atoms with E-state index in [4.69, 9.17) is 0 Å². The van der Waals surface area contributed by atoms with E-state index in [1.54, 1.807) is 12.1 Å². The van der Waals surface area contributed by atoms with E-state index in [-0.39, 0.29) is 11.4 Å². The summed E-state index contributed by atoms with van der Waals surface area (Å²) in [7, 11) is 0. The molecule has 0 bridgehead atoms. The van der Waals surface area contributed by atoms with Gasteiger partial charge in [0.05, 0.1) is 0 Å². The summed E-state index contributed by atoms with van der Waals surface area (Å²) in [5, 5.41) is 3.75. The average molecular weight is 290 g/mol. The van der Waals surface area contributed by atoms with Crippen molar-refractivity contribution < 1.29 is 4.39 Å². The molecule has 0 radical (unpaired) electrons. The summed E-state index contributed by atoms with van der Waals surface area (Å²) in [6.45, 7) is 9.72. The highest BCUT2D eigenvalue weighted by Crippen LogP contribution is 2.38. The number of piperazine rings is 1. The van der Waals surface area contributed by atoms with E-state index in [2.05, 4.69) is 24.1 Å². The van der Waals surface area contributed by atoms with E-state index in [1.807, 2.05) is 13.0 Å². The van der Waals surface area contributed by atoms with Gasteiger partial charge in [0.2, 0.25) is 0 Å². The molecule has 0 aromatic heterocycles. The largest absolute Gasteiger partial charge is 0.309 e. The zero-order valence-corrected chi connectivity index (χ0v) is 13.5. The molecule has 0 amide bonds. The minimum Gasteiger partial charge on any atom is -0.309 e. The van der Waals surface area contributed by atoms with E-state index < -0.39 is 0 Å². The van der Waals surface area contributed by atoms with Crippen LogP contribution in [0.25, 0.3) is 0 Å². The standard InChI is InChI=1S/C18H27FN2/c1-4-18(3)12-21(17(10-20-18)14-5-6-14)11-15-7-8-16(19)9-13(15)2/h7-9,14,17,20H,4-6,10-12H2,1-3H3. The van der Waals surface area contributed by atoms with E-state index in [9.17, 15) is 4.39 Å². The van der Waals surface area contributed by atoms with E-state index in [0.717, 1.165) is 37.5 Å². The Morgan fingerprint density at radius 3 is 2.76 bits per heavy atom. The van der Waals surface area contributed by atoms with Crippen LogP contribution in [0.1, 0.15) is 44.2 Å². The van der Waals surface area contributed by atoms with Crippen LogP contribution in [0, 0.1) is 18.7 Å². The van der Waals surface area contributed by atoms with Crippen molar-refractivity contribution in [1.82, 2.24) is 10.2 Å². The third-order valence-electron chi connectivity index (χ3n) is 5.38. The van der Waals surface area contributed by atoms with Gasteiger partial charge in [-0.25, -0.2) is 4.39 Å². The zero-order chi connectivity index (χ0) is 15.0. The Balaban J connectivity index is 1.78. The first-order valence-electron chi connectivity index (χ1n) is 8.25. The number of hydrogen-bond acceptors (Lipinski definition) is 2. The van der Waals surface area contributed by atoms with Gasteiger partial charge in [-0.3, -0.25) is 4.90 Å². The lowest BCUT2D eigenvalue weighted by Gasteiger charge is -2.46. The van der Waals surface area contributed by atoms with Crippen molar-refractivity contribution in [3.63, 3.8) is 0 Å². The molecule has 1 aliphatic heterocycles. The Morgan fingerprint density at radius 2 is 2.14 bits per heavy atom. The molecule has 3 heteroatoms. The van der Waals surface area contributed by atoms with Crippen molar-refractivity contribution in [3.05, 3.63) is 35.1 Å². The fourth-order valence-electron chi connectivity index (χ4n) is 3.51. The van der Waals surface area contributed by atoms with Crippen LogP contribution in [-0.2, 0) is 6.54 Å². The van der Waals surface area contributed by atoms with Gasteiger partial charge in [0.25, 0.3) is 0 Å². The molecule has 0 spiro atoms. The molecule has 2 nitrogen and oxygen atoms in total. The number of nitrogens with one attached hydrogen (secondary N) is 1. The second-order valence-corrected chi connectivity index (χ2v) is 7.18. The summed E-state index contributed by atoms with van der Waals surface area (Å²) in [5.74, 6) is 0.730. The predicted molar refractivity (Wildman–Crippen MR) is 84.8 cm³/mol. The number of aryl methyl sites for hydroxylation is 1. The van der Waals surface area contributed by atoms with Gasteiger partial charge in [0.1, 0.15) is 5.82 Å². The van der Waals surface area contributed by atoms with E-state index in [0.29, 0.717) is 6.04 Å². The molecule has 1 aromatic rings. The summed E-state index contributed by atoms with van der Waals surface area (Å²) in [5.41, 5.74) is 2.54. The predicted octanol–water partition coefficient (Wildman–Crippen LogP) is 3.49. The quantitative estimate of drug-likeness (QED) is 0.913. The van der Waals surface area contributed by atoms with E-state index in [1.165, 1.54) is 18.4 Å². The fourth-order valence-corrected chi connectivity index (χ4v) is 3.51. The molecule has 2 unspecified atom stereocenters. The highest BCUT2D eigenvalue weighted by molar-refractivity contribution is 5.26. The monoisotopic (exact) mass is 290 g/mol. The molecule has 3 rings (SSSR count). The lowest BCUT2D eigenvalue weighted by Crippen LogP contribution is -2.62. The molecule has 2 aliphatic rings. The minimum absolute atomic E-state index is 0.131. The Bertz CT molecular complexity index is 512. The van der Waals surface area contributed by atoms with Crippen LogP contribution in [-0.4, -0.2) is 29.6 Å². The van der Waals surface area contributed by atoms with Crippen LogP contribution in [0.2, 0.25) is 0 Å². The highest BCUT2D eigenvalue weighted by Gasteiger charge is 2.41. The summed E-state index contributed by atoms with van der Waals surface area (Å²) in [6.07, 6.45) is 3.88. The number of nitrogens with zero attached hydrogens (tertiary/aromatic N) is 1. The van der Waals surface area contributed by atoms with E-state index >= 15 is 0 Å². The Kier molecular flexibility index (Phi) is 4.06. The fraction of sp³-hybridized carbons (Fsp3) is 0.667. The number of halogens is 1. The molecule has 1 heterocycles. The topological polar surface area (TPSA) is 15.3 Å². The van der Waals surface area contributed by atoms with Gasteiger partial charge in [-0.05, 0) is 62.3 Å². The lowest BCUT2D eigenvalue weighted by atomic mass is 9.91. The first-order chi connectivity index (χ1) is 10.0. The van der Waals surface area contributed by atoms with Crippen LogP contribution >= 0.6 is 0 Å². The lowest BCUT2D eigenvalue weighted by molar-refractivity contribution is 0.0660. The van der Waals surface area contributed by atoms with Crippen LogP contribution in [0.15, 0.2) is 18.2 Å². The van der Waals surface area contributed by atoms with Crippen molar-refractivity contribution in [2.75, 3.05) is 13.1 Å². The first kappa shape index (κ1) is 15.0. The van der Waals surface area contributed by atoms with Gasteiger partial charge in [-0.1, -0.05) is 13.0 Å². The Morgan fingerprint density at radius 1 is 1.38 bits per heavy atom. The number of rotatable bonds is 4. The van der Waals surface area contributed by atoms with Crippen LogP contribution in [0.5, 0.6) is 0 Å². The first-order valence-corrected chi connectivity index (χ1v) is 8.25. The maximum atomic E-state index is 13.3.